The van der Waals surface area contributed by atoms with Crippen LogP contribution in [0.15, 0.2) is 41.4 Å². The molecule has 0 atom stereocenters. The molecule has 3 rings (SSSR count). The van der Waals surface area contributed by atoms with Crippen molar-refractivity contribution in [3.05, 3.63) is 63.7 Å². The summed E-state index contributed by atoms with van der Waals surface area (Å²) in [5.41, 5.74) is 3.54. The minimum absolute atomic E-state index is 0.163. The number of carbonyl (C=O) groups is 1. The molecule has 0 radical (unpaired) electrons. The van der Waals surface area contributed by atoms with Gasteiger partial charge < -0.3 is 4.57 Å². The zero-order valence-corrected chi connectivity index (χ0v) is 14.9. The molecule has 1 heterocycles. The minimum atomic E-state index is -0.368. The van der Waals surface area contributed by atoms with Crippen molar-refractivity contribution in [1.82, 2.24) is 4.57 Å². The predicted molar refractivity (Wildman–Crippen MR) is 98.8 cm³/mol. The third kappa shape index (κ3) is 3.54. The molecular weight excluding hydrogens is 335 g/mol. The molecule has 3 aromatic rings. The molecular formula is C20H17FN2OS. The van der Waals surface area contributed by atoms with Gasteiger partial charge in [0.15, 0.2) is 4.80 Å². The van der Waals surface area contributed by atoms with Crippen molar-refractivity contribution in [2.45, 2.75) is 26.8 Å². The Morgan fingerprint density at radius 1 is 1.32 bits per heavy atom. The molecule has 5 heteroatoms. The fourth-order valence-electron chi connectivity index (χ4n) is 2.76. The monoisotopic (exact) mass is 352 g/mol. The molecule has 25 heavy (non-hydrogen) atoms. The van der Waals surface area contributed by atoms with Gasteiger partial charge in [0.05, 0.1) is 23.2 Å². The molecule has 1 amide bonds. The van der Waals surface area contributed by atoms with Crippen LogP contribution in [-0.4, -0.2) is 10.5 Å². The molecule has 0 spiro atoms. The molecule has 3 nitrogen and oxygen atoms in total. The summed E-state index contributed by atoms with van der Waals surface area (Å²) in [5.74, 6) is 1.86. The van der Waals surface area contributed by atoms with Crippen molar-refractivity contribution < 1.29 is 9.18 Å². The van der Waals surface area contributed by atoms with Crippen molar-refractivity contribution in [3.63, 3.8) is 0 Å². The van der Waals surface area contributed by atoms with Gasteiger partial charge in [0.25, 0.3) is 5.91 Å². The van der Waals surface area contributed by atoms with Gasteiger partial charge in [-0.05, 0) is 37.1 Å². The first-order chi connectivity index (χ1) is 12.0. The number of hydrogen-bond donors (Lipinski definition) is 0. The van der Waals surface area contributed by atoms with Crippen LogP contribution in [0.25, 0.3) is 10.2 Å². The van der Waals surface area contributed by atoms with Crippen LogP contribution in [0.3, 0.4) is 0 Å². The maximum atomic E-state index is 14.1. The second kappa shape index (κ2) is 7.04. The van der Waals surface area contributed by atoms with Gasteiger partial charge in [0.2, 0.25) is 0 Å². The lowest BCUT2D eigenvalue weighted by atomic mass is 10.0. The lowest BCUT2D eigenvalue weighted by Crippen LogP contribution is -2.17. The Morgan fingerprint density at radius 3 is 2.84 bits per heavy atom. The molecule has 0 aliphatic heterocycles. The summed E-state index contributed by atoms with van der Waals surface area (Å²) in [6.07, 6.45) is 5.61. The number of thiazole rings is 1. The fraction of sp³-hybridized carbons (Fsp3) is 0.200. The second-order valence-corrected chi connectivity index (χ2v) is 6.88. The van der Waals surface area contributed by atoms with Gasteiger partial charge in [-0.3, -0.25) is 4.79 Å². The van der Waals surface area contributed by atoms with Crippen LogP contribution in [0, 0.1) is 32.0 Å². The highest BCUT2D eigenvalue weighted by Gasteiger charge is 2.12. The third-order valence-corrected chi connectivity index (χ3v) is 5.00. The van der Waals surface area contributed by atoms with Crippen molar-refractivity contribution in [2.75, 3.05) is 0 Å². The highest BCUT2D eigenvalue weighted by Crippen LogP contribution is 2.20. The Morgan fingerprint density at radius 2 is 2.12 bits per heavy atom. The molecule has 1 aromatic heterocycles. The first-order valence-electron chi connectivity index (χ1n) is 7.84. The minimum Gasteiger partial charge on any atom is -0.302 e. The van der Waals surface area contributed by atoms with Crippen molar-refractivity contribution in [2.24, 2.45) is 4.99 Å². The zero-order valence-electron chi connectivity index (χ0n) is 14.0. The van der Waals surface area contributed by atoms with Crippen LogP contribution >= 0.6 is 11.3 Å². The number of benzene rings is 2. The number of fused-ring (bicyclic) bond motifs is 1. The Hall–Kier alpha value is -2.71. The van der Waals surface area contributed by atoms with E-state index in [1.807, 2.05) is 32.0 Å². The number of aromatic nitrogens is 1. The first kappa shape index (κ1) is 17.1. The number of halogens is 1. The number of amides is 1. The second-order valence-electron chi connectivity index (χ2n) is 5.87. The van der Waals surface area contributed by atoms with Gasteiger partial charge in [-0.25, -0.2) is 4.39 Å². The molecule has 0 fully saturated rings. The summed E-state index contributed by atoms with van der Waals surface area (Å²) in [5, 5.41) is 0. The van der Waals surface area contributed by atoms with Crippen LogP contribution in [0.5, 0.6) is 0 Å². The van der Waals surface area contributed by atoms with Crippen LogP contribution in [0.1, 0.15) is 16.7 Å². The topological polar surface area (TPSA) is 34.4 Å². The number of nitrogens with zero attached hydrogens (tertiary/aromatic N) is 2. The maximum Gasteiger partial charge on any atom is 0.252 e. The van der Waals surface area contributed by atoms with Gasteiger partial charge in [-0.1, -0.05) is 47.1 Å². The zero-order chi connectivity index (χ0) is 18.0. The molecule has 0 unspecified atom stereocenters. The lowest BCUT2D eigenvalue weighted by molar-refractivity contribution is -0.117. The molecule has 0 saturated carbocycles. The standard InChI is InChI=1S/C20H17FN2OS/c1-4-10-23-19-16(21)6-5-7-17(19)25-20(23)22-18(24)12-15-9-8-13(2)11-14(15)3/h1,5-9,11H,10,12H2,2-3H3. The summed E-state index contributed by atoms with van der Waals surface area (Å²) in [4.78, 5) is 17.0. The molecule has 0 aliphatic rings. The van der Waals surface area contributed by atoms with Crippen LogP contribution in [0.4, 0.5) is 4.39 Å². The van der Waals surface area contributed by atoms with E-state index in [0.29, 0.717) is 15.0 Å². The summed E-state index contributed by atoms with van der Waals surface area (Å²) >= 11 is 1.26. The Bertz CT molecular complexity index is 1070. The summed E-state index contributed by atoms with van der Waals surface area (Å²) in [7, 11) is 0. The number of aryl methyl sites for hydroxylation is 2. The SMILES string of the molecule is C#CCn1c(=NC(=O)Cc2ccc(C)cc2C)sc2cccc(F)c21. The van der Waals surface area contributed by atoms with Crippen molar-refractivity contribution in [3.8, 4) is 12.3 Å². The van der Waals surface area contributed by atoms with Crippen LogP contribution < -0.4 is 4.80 Å². The van der Waals surface area contributed by atoms with Gasteiger partial charge >= 0.3 is 0 Å². The van der Waals surface area contributed by atoms with E-state index >= 15 is 0 Å². The Balaban J connectivity index is 2.03. The number of rotatable bonds is 3. The lowest BCUT2D eigenvalue weighted by Gasteiger charge is -2.04. The average Bonchev–Trinajstić information content (AvgIpc) is 2.89. The van der Waals surface area contributed by atoms with Gasteiger partial charge in [0.1, 0.15) is 5.82 Å². The quantitative estimate of drug-likeness (QED) is 0.661. The largest absolute Gasteiger partial charge is 0.302 e. The van der Waals surface area contributed by atoms with Gasteiger partial charge in [0, 0.05) is 0 Å². The Labute approximate surface area is 149 Å². The van der Waals surface area contributed by atoms with Crippen molar-refractivity contribution >= 4 is 27.5 Å². The van der Waals surface area contributed by atoms with E-state index in [-0.39, 0.29) is 24.7 Å². The van der Waals surface area contributed by atoms with Crippen molar-refractivity contribution in [1.29, 1.82) is 0 Å². The van der Waals surface area contributed by atoms with E-state index in [1.54, 1.807) is 16.7 Å². The van der Waals surface area contributed by atoms with E-state index in [4.69, 9.17) is 6.42 Å². The number of carbonyl (C=O) groups excluding carboxylic acids is 1. The Kier molecular flexibility index (Phi) is 4.82. The van der Waals surface area contributed by atoms with Crippen LogP contribution in [-0.2, 0) is 17.8 Å². The number of para-hydroxylation sites is 1. The van der Waals surface area contributed by atoms with E-state index in [9.17, 15) is 9.18 Å². The molecule has 0 saturated heterocycles. The maximum absolute atomic E-state index is 14.1. The van der Waals surface area contributed by atoms with E-state index in [1.165, 1.54) is 17.4 Å². The smallest absolute Gasteiger partial charge is 0.252 e. The highest BCUT2D eigenvalue weighted by molar-refractivity contribution is 7.16. The third-order valence-electron chi connectivity index (χ3n) is 3.96. The van der Waals surface area contributed by atoms with E-state index in [0.717, 1.165) is 16.7 Å². The fourth-order valence-corrected chi connectivity index (χ4v) is 3.82. The predicted octanol–water partition coefficient (Wildman–Crippen LogP) is 3.76. The molecule has 2 aromatic carbocycles. The normalized spacial score (nSPS) is 11.7. The van der Waals surface area contributed by atoms with E-state index < -0.39 is 0 Å². The average molecular weight is 352 g/mol. The van der Waals surface area contributed by atoms with Gasteiger partial charge in [-0.2, -0.15) is 4.99 Å². The molecule has 0 aliphatic carbocycles. The number of hydrogen-bond acceptors (Lipinski definition) is 2. The van der Waals surface area contributed by atoms with Gasteiger partial charge in [-0.15, -0.1) is 6.42 Å². The number of terminal acetylenes is 1. The summed E-state index contributed by atoms with van der Waals surface area (Å²) in [6.45, 7) is 4.15. The summed E-state index contributed by atoms with van der Waals surface area (Å²) < 4.78 is 16.4. The molecule has 0 bridgehead atoms. The summed E-state index contributed by atoms with van der Waals surface area (Å²) in [6, 6.07) is 10.8. The first-order valence-corrected chi connectivity index (χ1v) is 8.66. The molecule has 126 valence electrons. The molecule has 0 N–H and O–H groups in total. The van der Waals surface area contributed by atoms with E-state index in [2.05, 4.69) is 10.9 Å². The highest BCUT2D eigenvalue weighted by atomic mass is 32.1. The van der Waals surface area contributed by atoms with Crippen LogP contribution in [0.2, 0.25) is 0 Å².